The van der Waals surface area contributed by atoms with Crippen LogP contribution in [0.1, 0.15) is 12.6 Å². The minimum atomic E-state index is -0.887. The molecule has 0 bridgehead atoms. The van der Waals surface area contributed by atoms with Gasteiger partial charge >= 0.3 is 11.0 Å². The molecule has 2 aromatic rings. The Bertz CT molecular complexity index is 819. The van der Waals surface area contributed by atoms with E-state index in [1.165, 1.54) is 15.7 Å². The molecule has 3 heterocycles. The Balaban J connectivity index is 2.02. The molecule has 2 aromatic heterocycles. The molecule has 0 aliphatic carbocycles. The topological polar surface area (TPSA) is 133 Å². The standard InChI is InChI=1S/C13H17N5O5S/c1-17(2)12(20)23-7-3-6(5-19)22-10(7)18-9-8(24-13(18)21)4-15-11(14)16-9/h4,6-7,10,19H,3,5H2,1-2H3,(H2,14,15,16)/t6?,7-,10-/m1/s1. The molecule has 0 spiro atoms. The largest absolute Gasteiger partial charge is 0.441 e. The maximum atomic E-state index is 12.4. The van der Waals surface area contributed by atoms with Crippen molar-refractivity contribution in [1.29, 1.82) is 0 Å². The number of hydrogen-bond donors (Lipinski definition) is 2. The maximum Gasteiger partial charge on any atom is 0.409 e. The molecule has 130 valence electrons. The van der Waals surface area contributed by atoms with Crippen molar-refractivity contribution in [3.05, 3.63) is 15.9 Å². The molecule has 1 amide bonds. The molecular weight excluding hydrogens is 338 g/mol. The summed E-state index contributed by atoms with van der Waals surface area (Å²) in [7, 11) is 3.10. The van der Waals surface area contributed by atoms with Crippen molar-refractivity contribution in [2.75, 3.05) is 26.4 Å². The highest BCUT2D eigenvalue weighted by Gasteiger charge is 2.41. The molecular formula is C13H17N5O5S. The maximum absolute atomic E-state index is 12.4. The number of aliphatic hydroxyl groups is 1. The molecule has 3 N–H and O–H groups in total. The van der Waals surface area contributed by atoms with E-state index in [0.29, 0.717) is 10.3 Å². The Kier molecular flexibility index (Phi) is 4.39. The number of hydrogen-bond acceptors (Lipinski definition) is 9. The molecule has 1 aliphatic heterocycles. The van der Waals surface area contributed by atoms with Gasteiger partial charge in [0.05, 0.1) is 23.6 Å². The zero-order chi connectivity index (χ0) is 17.4. The van der Waals surface area contributed by atoms with Crippen molar-refractivity contribution in [1.82, 2.24) is 19.4 Å². The van der Waals surface area contributed by atoms with Gasteiger partial charge in [0.1, 0.15) is 0 Å². The normalized spacial score (nSPS) is 23.5. The van der Waals surface area contributed by atoms with Gasteiger partial charge in [0, 0.05) is 20.5 Å². The van der Waals surface area contributed by atoms with Crippen LogP contribution in [-0.2, 0) is 9.47 Å². The van der Waals surface area contributed by atoms with E-state index in [9.17, 15) is 14.7 Å². The number of aromatic nitrogens is 3. The van der Waals surface area contributed by atoms with E-state index in [-0.39, 0.29) is 23.8 Å². The minimum Gasteiger partial charge on any atom is -0.441 e. The summed E-state index contributed by atoms with van der Waals surface area (Å²) in [5.41, 5.74) is 5.92. The van der Waals surface area contributed by atoms with Crippen LogP contribution in [0.15, 0.2) is 11.0 Å². The van der Waals surface area contributed by atoms with Gasteiger partial charge in [-0.15, -0.1) is 0 Å². The fourth-order valence-corrected chi connectivity index (χ4v) is 3.29. The summed E-state index contributed by atoms with van der Waals surface area (Å²) in [6, 6.07) is 0. The van der Waals surface area contributed by atoms with Crippen molar-refractivity contribution in [3.8, 4) is 0 Å². The molecule has 3 atom stereocenters. The lowest BCUT2D eigenvalue weighted by Gasteiger charge is -2.21. The second kappa shape index (κ2) is 6.34. The molecule has 1 unspecified atom stereocenters. The van der Waals surface area contributed by atoms with Crippen molar-refractivity contribution in [3.63, 3.8) is 0 Å². The molecule has 3 rings (SSSR count). The van der Waals surface area contributed by atoms with Gasteiger partial charge in [-0.3, -0.25) is 9.36 Å². The van der Waals surface area contributed by atoms with Crippen molar-refractivity contribution in [2.45, 2.75) is 24.9 Å². The molecule has 0 radical (unpaired) electrons. The molecule has 24 heavy (non-hydrogen) atoms. The molecule has 10 nitrogen and oxygen atoms in total. The van der Waals surface area contributed by atoms with Crippen LogP contribution in [0.25, 0.3) is 10.3 Å². The lowest BCUT2D eigenvalue weighted by Crippen LogP contribution is -2.34. The third kappa shape index (κ3) is 2.92. The third-order valence-electron chi connectivity index (χ3n) is 3.60. The number of carbonyl (C=O) groups is 1. The molecule has 1 saturated heterocycles. The molecule has 1 aliphatic rings. The van der Waals surface area contributed by atoms with E-state index >= 15 is 0 Å². The van der Waals surface area contributed by atoms with Gasteiger partial charge in [-0.25, -0.2) is 9.78 Å². The number of carbonyl (C=O) groups excluding carboxylic acids is 1. The number of nitrogens with two attached hydrogens (primary N) is 1. The summed E-state index contributed by atoms with van der Waals surface area (Å²) < 4.78 is 12.9. The number of rotatable bonds is 3. The average Bonchev–Trinajstić information content (AvgIpc) is 3.06. The predicted octanol–water partition coefficient (Wildman–Crippen LogP) is -0.218. The van der Waals surface area contributed by atoms with Crippen LogP contribution in [0, 0.1) is 0 Å². The van der Waals surface area contributed by atoms with Crippen LogP contribution in [0.3, 0.4) is 0 Å². The highest BCUT2D eigenvalue weighted by atomic mass is 32.1. The van der Waals surface area contributed by atoms with E-state index in [1.54, 1.807) is 14.1 Å². The van der Waals surface area contributed by atoms with Crippen LogP contribution in [-0.4, -0.2) is 63.5 Å². The first kappa shape index (κ1) is 16.6. The Morgan fingerprint density at radius 1 is 1.62 bits per heavy atom. The third-order valence-corrected chi connectivity index (χ3v) is 4.48. The second-order valence-corrected chi connectivity index (χ2v) is 6.53. The van der Waals surface area contributed by atoms with E-state index < -0.39 is 24.5 Å². The fraction of sp³-hybridized carbons (Fsp3) is 0.538. The zero-order valence-electron chi connectivity index (χ0n) is 13.1. The molecule has 0 aromatic carbocycles. The van der Waals surface area contributed by atoms with Gasteiger partial charge in [0.15, 0.2) is 18.0 Å². The number of fused-ring (bicyclic) bond motifs is 1. The highest BCUT2D eigenvalue weighted by molar-refractivity contribution is 7.16. The number of nitrogens with zero attached hydrogens (tertiary/aromatic N) is 4. The predicted molar refractivity (Wildman–Crippen MR) is 85.7 cm³/mol. The van der Waals surface area contributed by atoms with Crippen LogP contribution < -0.4 is 10.6 Å². The van der Waals surface area contributed by atoms with E-state index in [2.05, 4.69) is 9.97 Å². The molecule has 11 heteroatoms. The quantitative estimate of drug-likeness (QED) is 0.772. The first-order chi connectivity index (χ1) is 11.4. The minimum absolute atomic E-state index is 0.0209. The lowest BCUT2D eigenvalue weighted by molar-refractivity contribution is -0.0552. The van der Waals surface area contributed by atoms with E-state index in [1.807, 2.05) is 0 Å². The zero-order valence-corrected chi connectivity index (χ0v) is 13.9. The van der Waals surface area contributed by atoms with Gasteiger partial charge in [0.25, 0.3) is 0 Å². The van der Waals surface area contributed by atoms with Crippen LogP contribution in [0.4, 0.5) is 10.7 Å². The number of thiazole rings is 1. The van der Waals surface area contributed by atoms with Crippen LogP contribution in [0.2, 0.25) is 0 Å². The first-order valence-corrected chi connectivity index (χ1v) is 8.00. The van der Waals surface area contributed by atoms with Gasteiger partial charge < -0.3 is 25.2 Å². The van der Waals surface area contributed by atoms with Crippen molar-refractivity contribution in [2.24, 2.45) is 0 Å². The number of ether oxygens (including phenoxy) is 2. The number of amides is 1. The van der Waals surface area contributed by atoms with E-state index in [0.717, 1.165) is 11.3 Å². The van der Waals surface area contributed by atoms with Gasteiger partial charge in [-0.2, -0.15) is 4.98 Å². The highest BCUT2D eigenvalue weighted by Crippen LogP contribution is 2.33. The Morgan fingerprint density at radius 3 is 3.04 bits per heavy atom. The van der Waals surface area contributed by atoms with Gasteiger partial charge in [-0.05, 0) is 0 Å². The average molecular weight is 355 g/mol. The summed E-state index contributed by atoms with van der Waals surface area (Å²) in [5, 5.41) is 9.36. The second-order valence-electron chi connectivity index (χ2n) is 5.54. The summed E-state index contributed by atoms with van der Waals surface area (Å²) in [6.45, 7) is -0.250. The number of anilines is 1. The monoisotopic (exact) mass is 355 g/mol. The summed E-state index contributed by atoms with van der Waals surface area (Å²) >= 11 is 0.944. The summed E-state index contributed by atoms with van der Waals surface area (Å²) in [5.74, 6) is 0.0209. The number of nitrogen functional groups attached to an aromatic ring is 1. The first-order valence-electron chi connectivity index (χ1n) is 7.18. The summed E-state index contributed by atoms with van der Waals surface area (Å²) in [4.78, 5) is 33.1. The molecule has 0 saturated carbocycles. The smallest absolute Gasteiger partial charge is 0.409 e. The molecule has 1 fully saturated rings. The van der Waals surface area contributed by atoms with Gasteiger partial charge in [0.2, 0.25) is 5.95 Å². The van der Waals surface area contributed by atoms with E-state index in [4.69, 9.17) is 15.2 Å². The lowest BCUT2D eigenvalue weighted by atomic mass is 10.2. The SMILES string of the molecule is CN(C)C(=O)O[C@@H]1CC(CO)O[C@H]1n1c(=O)sc2cnc(N)nc21. The van der Waals surface area contributed by atoms with Crippen molar-refractivity contribution < 1.29 is 19.4 Å². The Morgan fingerprint density at radius 2 is 2.38 bits per heavy atom. The van der Waals surface area contributed by atoms with Gasteiger partial charge in [-0.1, -0.05) is 11.3 Å². The Labute approximate surface area is 140 Å². The van der Waals surface area contributed by atoms with Crippen LogP contribution >= 0.6 is 11.3 Å². The fourth-order valence-electron chi connectivity index (χ4n) is 2.48. The number of aliphatic hydroxyl groups excluding tert-OH is 1. The Hall–Kier alpha value is -2.24. The summed E-state index contributed by atoms with van der Waals surface area (Å²) in [6.07, 6.45) is -1.000. The van der Waals surface area contributed by atoms with Crippen molar-refractivity contribution >= 4 is 33.7 Å². The van der Waals surface area contributed by atoms with Crippen LogP contribution in [0.5, 0.6) is 0 Å².